The molecule has 3 rings (SSSR count). The minimum absolute atomic E-state index is 0.199. The van der Waals surface area contributed by atoms with Gasteiger partial charge in [0, 0.05) is 22.9 Å². The molecule has 2 aromatic rings. The van der Waals surface area contributed by atoms with Gasteiger partial charge in [-0.1, -0.05) is 24.0 Å². The zero-order valence-corrected chi connectivity index (χ0v) is 16.7. The molecule has 0 aliphatic carbocycles. The molecule has 29 heavy (non-hydrogen) atoms. The van der Waals surface area contributed by atoms with Crippen LogP contribution in [0.2, 0.25) is 0 Å². The van der Waals surface area contributed by atoms with Gasteiger partial charge in [0.05, 0.1) is 12.7 Å². The van der Waals surface area contributed by atoms with Gasteiger partial charge in [-0.05, 0) is 69.4 Å². The van der Waals surface area contributed by atoms with Crippen LogP contribution >= 0.6 is 0 Å². The molecule has 0 saturated carbocycles. The standard InChI is InChI=1S/C23H25N3O3/c1-26-13-11-20(12-14-26)24-23(28)25-21-8-4-6-18(16-21)10-9-17-5-3-7-19(15-17)22(27)29-2/h3-8,15-16,20H,11-14H2,1-2H3,(H2,24,25,28). The smallest absolute Gasteiger partial charge is 0.337 e. The Kier molecular flexibility index (Phi) is 6.88. The number of hydrogen-bond acceptors (Lipinski definition) is 4. The Morgan fingerprint density at radius 3 is 2.38 bits per heavy atom. The number of piperidine rings is 1. The first-order valence-corrected chi connectivity index (χ1v) is 9.60. The molecular weight excluding hydrogens is 366 g/mol. The van der Waals surface area contributed by atoms with Crippen molar-refractivity contribution >= 4 is 17.7 Å². The number of likely N-dealkylation sites (tertiary alicyclic amines) is 1. The lowest BCUT2D eigenvalue weighted by Crippen LogP contribution is -2.44. The van der Waals surface area contributed by atoms with E-state index >= 15 is 0 Å². The summed E-state index contributed by atoms with van der Waals surface area (Å²) in [5.41, 5.74) is 2.63. The quantitative estimate of drug-likeness (QED) is 0.623. The maximum absolute atomic E-state index is 12.3. The van der Waals surface area contributed by atoms with Gasteiger partial charge in [0.15, 0.2) is 0 Å². The predicted octanol–water partition coefficient (Wildman–Crippen LogP) is 3.09. The average molecular weight is 391 g/mol. The number of hydrogen-bond donors (Lipinski definition) is 2. The molecule has 2 amide bonds. The maximum Gasteiger partial charge on any atom is 0.337 e. The molecule has 2 N–H and O–H groups in total. The molecule has 150 valence electrons. The van der Waals surface area contributed by atoms with Crippen molar-refractivity contribution in [1.82, 2.24) is 10.2 Å². The van der Waals surface area contributed by atoms with Crippen molar-refractivity contribution in [2.45, 2.75) is 18.9 Å². The van der Waals surface area contributed by atoms with E-state index in [2.05, 4.69) is 34.4 Å². The summed E-state index contributed by atoms with van der Waals surface area (Å²) in [5.74, 6) is 5.71. The number of ether oxygens (including phenoxy) is 1. The van der Waals surface area contributed by atoms with E-state index in [0.717, 1.165) is 31.5 Å². The van der Waals surface area contributed by atoms with Gasteiger partial charge in [-0.15, -0.1) is 0 Å². The number of benzene rings is 2. The Morgan fingerprint density at radius 2 is 1.69 bits per heavy atom. The summed E-state index contributed by atoms with van der Waals surface area (Å²) in [6.45, 7) is 1.99. The Morgan fingerprint density at radius 1 is 1.03 bits per heavy atom. The monoisotopic (exact) mass is 391 g/mol. The number of anilines is 1. The van der Waals surface area contributed by atoms with Crippen LogP contribution in [0.4, 0.5) is 10.5 Å². The highest BCUT2D eigenvalue weighted by Gasteiger charge is 2.18. The van der Waals surface area contributed by atoms with Gasteiger partial charge < -0.3 is 20.3 Å². The van der Waals surface area contributed by atoms with Crippen molar-refractivity contribution in [3.05, 3.63) is 65.2 Å². The van der Waals surface area contributed by atoms with Crippen molar-refractivity contribution in [1.29, 1.82) is 0 Å². The van der Waals surface area contributed by atoms with E-state index < -0.39 is 5.97 Å². The Balaban J connectivity index is 1.62. The fourth-order valence-corrected chi connectivity index (χ4v) is 3.17. The summed E-state index contributed by atoms with van der Waals surface area (Å²) in [7, 11) is 3.44. The second kappa shape index (κ2) is 9.76. The van der Waals surface area contributed by atoms with E-state index in [1.165, 1.54) is 7.11 Å². The van der Waals surface area contributed by atoms with Crippen molar-refractivity contribution < 1.29 is 14.3 Å². The highest BCUT2D eigenvalue weighted by molar-refractivity contribution is 5.90. The third-order valence-electron chi connectivity index (χ3n) is 4.81. The lowest BCUT2D eigenvalue weighted by molar-refractivity contribution is 0.0600. The summed E-state index contributed by atoms with van der Waals surface area (Å²) < 4.78 is 4.73. The summed E-state index contributed by atoms with van der Waals surface area (Å²) in [6, 6.07) is 14.4. The molecule has 1 aliphatic heterocycles. The molecule has 0 atom stereocenters. The third kappa shape index (κ3) is 6.09. The van der Waals surface area contributed by atoms with Crippen LogP contribution in [0.3, 0.4) is 0 Å². The van der Waals surface area contributed by atoms with Crippen LogP contribution < -0.4 is 10.6 Å². The van der Waals surface area contributed by atoms with Crippen LogP contribution in [-0.4, -0.2) is 50.2 Å². The van der Waals surface area contributed by atoms with Gasteiger partial charge in [-0.2, -0.15) is 0 Å². The minimum Gasteiger partial charge on any atom is -0.465 e. The number of nitrogens with zero attached hydrogens (tertiary/aromatic N) is 1. The van der Waals surface area contributed by atoms with E-state index in [-0.39, 0.29) is 12.1 Å². The predicted molar refractivity (Wildman–Crippen MR) is 113 cm³/mol. The van der Waals surface area contributed by atoms with Crippen molar-refractivity contribution in [2.24, 2.45) is 0 Å². The first-order chi connectivity index (χ1) is 14.0. The van der Waals surface area contributed by atoms with Gasteiger partial charge in [0.1, 0.15) is 0 Å². The van der Waals surface area contributed by atoms with Gasteiger partial charge >= 0.3 is 12.0 Å². The molecule has 6 heteroatoms. The third-order valence-corrected chi connectivity index (χ3v) is 4.81. The Hall–Kier alpha value is -3.30. The SMILES string of the molecule is COC(=O)c1cccc(C#Cc2cccc(NC(=O)NC3CCN(C)CC3)c2)c1. The fraction of sp³-hybridized carbons (Fsp3) is 0.304. The molecule has 0 bridgehead atoms. The first-order valence-electron chi connectivity index (χ1n) is 9.60. The van der Waals surface area contributed by atoms with Crippen molar-refractivity contribution in [3.8, 4) is 11.8 Å². The number of amides is 2. The molecule has 0 radical (unpaired) electrons. The van der Waals surface area contributed by atoms with Crippen LogP contribution in [0.1, 0.15) is 34.3 Å². The molecule has 1 fully saturated rings. The molecule has 0 unspecified atom stereocenters. The molecule has 0 aromatic heterocycles. The molecule has 2 aromatic carbocycles. The van der Waals surface area contributed by atoms with E-state index in [4.69, 9.17) is 4.74 Å². The van der Waals surface area contributed by atoms with E-state index in [0.29, 0.717) is 16.8 Å². The minimum atomic E-state index is -0.393. The van der Waals surface area contributed by atoms with Gasteiger partial charge in [-0.3, -0.25) is 0 Å². The molecular formula is C23H25N3O3. The van der Waals surface area contributed by atoms with Crippen LogP contribution in [0.15, 0.2) is 48.5 Å². The zero-order valence-electron chi connectivity index (χ0n) is 16.7. The van der Waals surface area contributed by atoms with E-state index in [9.17, 15) is 9.59 Å². The molecule has 0 spiro atoms. The number of esters is 1. The zero-order chi connectivity index (χ0) is 20.6. The van der Waals surface area contributed by atoms with Crippen LogP contribution in [0.25, 0.3) is 0 Å². The summed E-state index contributed by atoms with van der Waals surface area (Å²) in [4.78, 5) is 26.2. The summed E-state index contributed by atoms with van der Waals surface area (Å²) >= 11 is 0. The fourth-order valence-electron chi connectivity index (χ4n) is 3.17. The van der Waals surface area contributed by atoms with Gasteiger partial charge in [-0.25, -0.2) is 9.59 Å². The number of nitrogens with one attached hydrogen (secondary N) is 2. The Bertz CT molecular complexity index is 938. The second-order valence-corrected chi connectivity index (χ2v) is 7.08. The first kappa shape index (κ1) is 20.4. The topological polar surface area (TPSA) is 70.7 Å². The van der Waals surface area contributed by atoms with Crippen molar-refractivity contribution in [2.75, 3.05) is 32.6 Å². The van der Waals surface area contributed by atoms with E-state index in [1.54, 1.807) is 18.2 Å². The lowest BCUT2D eigenvalue weighted by Gasteiger charge is -2.29. The number of carbonyl (C=O) groups excluding carboxylic acids is 2. The van der Waals surface area contributed by atoms with Gasteiger partial charge in [0.2, 0.25) is 0 Å². The number of urea groups is 1. The normalized spacial score (nSPS) is 14.4. The molecule has 1 saturated heterocycles. The van der Waals surface area contributed by atoms with E-state index in [1.807, 2.05) is 30.3 Å². The average Bonchev–Trinajstić information content (AvgIpc) is 2.74. The largest absolute Gasteiger partial charge is 0.465 e. The maximum atomic E-state index is 12.3. The van der Waals surface area contributed by atoms with Crippen LogP contribution in [0, 0.1) is 11.8 Å². The second-order valence-electron chi connectivity index (χ2n) is 7.08. The molecule has 1 aliphatic rings. The summed E-state index contributed by atoms with van der Waals surface area (Å²) in [5, 5.41) is 5.91. The molecule has 1 heterocycles. The molecule has 6 nitrogen and oxygen atoms in total. The summed E-state index contributed by atoms with van der Waals surface area (Å²) in [6.07, 6.45) is 1.92. The highest BCUT2D eigenvalue weighted by Crippen LogP contribution is 2.12. The number of methoxy groups -OCH3 is 1. The van der Waals surface area contributed by atoms with Crippen LogP contribution in [-0.2, 0) is 4.74 Å². The lowest BCUT2D eigenvalue weighted by atomic mass is 10.1. The Labute approximate surface area is 171 Å². The van der Waals surface area contributed by atoms with Crippen molar-refractivity contribution in [3.63, 3.8) is 0 Å². The number of rotatable bonds is 3. The van der Waals surface area contributed by atoms with Gasteiger partial charge in [0.25, 0.3) is 0 Å². The van der Waals surface area contributed by atoms with Crippen LogP contribution in [0.5, 0.6) is 0 Å². The highest BCUT2D eigenvalue weighted by atomic mass is 16.5. The number of carbonyl (C=O) groups is 2.